The summed E-state index contributed by atoms with van der Waals surface area (Å²) in [4.78, 5) is 31.5. The van der Waals surface area contributed by atoms with E-state index in [2.05, 4.69) is 21.4 Å². The second kappa shape index (κ2) is 7.88. The number of nitrogens with zero attached hydrogens (tertiary/aromatic N) is 3. The maximum Gasteiger partial charge on any atom is 0.269 e. The molecule has 34 heavy (non-hydrogen) atoms. The summed E-state index contributed by atoms with van der Waals surface area (Å²) in [6, 6.07) is 15.2. The number of thiophene rings is 1. The molecule has 3 heterocycles. The number of pyridine rings is 1. The number of non-ortho nitro benzene ring substituents is 1. The number of nitrogens with one attached hydrogen (secondary N) is 2. The normalized spacial score (nSPS) is 10.9. The molecule has 0 fully saturated rings. The van der Waals surface area contributed by atoms with Gasteiger partial charge >= 0.3 is 0 Å². The zero-order valence-electron chi connectivity index (χ0n) is 17.3. The van der Waals surface area contributed by atoms with Crippen LogP contribution in [0.15, 0.2) is 54.7 Å². The second-order valence-corrected chi connectivity index (χ2v) is 8.39. The Hall–Kier alpha value is -4.95. The molecule has 166 valence electrons. The van der Waals surface area contributed by atoms with Crippen molar-refractivity contribution in [3.8, 4) is 17.2 Å². The number of anilines is 3. The first kappa shape index (κ1) is 20.9. The Labute approximate surface area is 195 Å². The number of nitrogens with two attached hydrogens (primary N) is 2. The molecule has 3 aromatic heterocycles. The van der Waals surface area contributed by atoms with Crippen LogP contribution in [0, 0.1) is 21.4 Å². The van der Waals surface area contributed by atoms with Crippen molar-refractivity contribution < 1.29 is 9.72 Å². The molecule has 0 saturated heterocycles. The Morgan fingerprint density at radius 1 is 1.18 bits per heavy atom. The van der Waals surface area contributed by atoms with Gasteiger partial charge in [0.25, 0.3) is 11.6 Å². The Balaban J connectivity index is 1.66. The summed E-state index contributed by atoms with van der Waals surface area (Å²) in [5.41, 5.74) is 15.3. The number of nitro groups is 1. The van der Waals surface area contributed by atoms with Crippen molar-refractivity contribution in [1.82, 2.24) is 9.97 Å². The summed E-state index contributed by atoms with van der Waals surface area (Å²) in [6.07, 6.45) is 1.77. The summed E-state index contributed by atoms with van der Waals surface area (Å²) >= 11 is 1.05. The van der Waals surface area contributed by atoms with Crippen molar-refractivity contribution in [1.29, 1.82) is 5.26 Å². The summed E-state index contributed by atoms with van der Waals surface area (Å²) in [7, 11) is 0. The molecular weight excluding hydrogens is 454 g/mol. The average molecular weight is 469 g/mol. The number of nitriles is 1. The van der Waals surface area contributed by atoms with Crippen LogP contribution < -0.4 is 16.8 Å². The number of nitro benzene ring substituents is 1. The predicted molar refractivity (Wildman–Crippen MR) is 132 cm³/mol. The summed E-state index contributed by atoms with van der Waals surface area (Å²) in [6.45, 7) is 0. The monoisotopic (exact) mass is 469 g/mol. The van der Waals surface area contributed by atoms with Gasteiger partial charge in [-0.25, -0.2) is 4.98 Å². The van der Waals surface area contributed by atoms with Gasteiger partial charge < -0.3 is 21.8 Å². The first-order valence-electron chi connectivity index (χ1n) is 9.93. The van der Waals surface area contributed by atoms with Crippen molar-refractivity contribution in [3.05, 3.63) is 75.3 Å². The molecule has 5 aromatic rings. The molecule has 0 unspecified atom stereocenters. The lowest BCUT2D eigenvalue weighted by Gasteiger charge is -2.09. The molecule has 0 bridgehead atoms. The fourth-order valence-corrected chi connectivity index (χ4v) is 4.86. The van der Waals surface area contributed by atoms with Crippen molar-refractivity contribution in [2.24, 2.45) is 0 Å². The van der Waals surface area contributed by atoms with E-state index >= 15 is 0 Å². The topological polar surface area (TPSA) is 177 Å². The van der Waals surface area contributed by atoms with Crippen LogP contribution >= 0.6 is 11.3 Å². The van der Waals surface area contributed by atoms with Crippen LogP contribution in [0.1, 0.15) is 15.2 Å². The summed E-state index contributed by atoms with van der Waals surface area (Å²) in [5, 5.41) is 24.7. The van der Waals surface area contributed by atoms with E-state index in [9.17, 15) is 20.2 Å². The van der Waals surface area contributed by atoms with E-state index in [0.29, 0.717) is 21.5 Å². The van der Waals surface area contributed by atoms with Crippen LogP contribution in [0.4, 0.5) is 22.9 Å². The van der Waals surface area contributed by atoms with E-state index in [-0.39, 0.29) is 27.6 Å². The minimum absolute atomic E-state index is 0.0406. The Kier molecular flexibility index (Phi) is 4.85. The number of hydrogen-bond acceptors (Lipinski definition) is 8. The van der Waals surface area contributed by atoms with Gasteiger partial charge in [0.2, 0.25) is 0 Å². The van der Waals surface area contributed by atoms with Crippen molar-refractivity contribution >= 4 is 61.2 Å². The van der Waals surface area contributed by atoms with Crippen LogP contribution in [0.5, 0.6) is 0 Å². The summed E-state index contributed by atoms with van der Waals surface area (Å²) in [5.74, 6) is -0.463. The first-order chi connectivity index (χ1) is 16.4. The zero-order valence-corrected chi connectivity index (χ0v) is 18.1. The van der Waals surface area contributed by atoms with E-state index in [1.807, 2.05) is 24.3 Å². The Bertz CT molecular complexity index is 1660. The van der Waals surface area contributed by atoms with Gasteiger partial charge in [-0.2, -0.15) is 5.26 Å². The van der Waals surface area contributed by atoms with Gasteiger partial charge in [0.1, 0.15) is 27.2 Å². The molecular formula is C23H15N7O3S. The molecule has 0 atom stereocenters. The fourth-order valence-electron chi connectivity index (χ4n) is 3.85. The molecule has 0 radical (unpaired) electrons. The number of rotatable bonds is 4. The molecule has 0 saturated carbocycles. The van der Waals surface area contributed by atoms with E-state index < -0.39 is 10.8 Å². The molecule has 0 aliphatic carbocycles. The Morgan fingerprint density at radius 3 is 2.62 bits per heavy atom. The molecule has 0 spiro atoms. The van der Waals surface area contributed by atoms with E-state index in [4.69, 9.17) is 11.5 Å². The van der Waals surface area contributed by atoms with Gasteiger partial charge in [-0.3, -0.25) is 14.9 Å². The van der Waals surface area contributed by atoms with Crippen LogP contribution in [0.3, 0.4) is 0 Å². The van der Waals surface area contributed by atoms with Gasteiger partial charge in [-0.15, -0.1) is 11.3 Å². The number of fused-ring (bicyclic) bond motifs is 2. The summed E-state index contributed by atoms with van der Waals surface area (Å²) < 4.78 is 0. The molecule has 10 nitrogen and oxygen atoms in total. The SMILES string of the molecule is N#Cc1c(N)nc2sc(C(=O)Nc3ccc([N+](=O)[O-])cc3)c(N)c2c1-c1c[nH]c2ccccc12. The second-order valence-electron chi connectivity index (χ2n) is 7.39. The minimum atomic E-state index is -0.523. The third kappa shape index (κ3) is 3.26. The highest BCUT2D eigenvalue weighted by molar-refractivity contribution is 7.21. The molecule has 2 aromatic carbocycles. The number of para-hydroxylation sites is 1. The quantitative estimate of drug-likeness (QED) is 0.219. The third-order valence-electron chi connectivity index (χ3n) is 5.42. The number of hydrogen-bond donors (Lipinski definition) is 4. The van der Waals surface area contributed by atoms with Gasteiger partial charge in [0.15, 0.2) is 0 Å². The van der Waals surface area contributed by atoms with Gasteiger partial charge in [0, 0.05) is 51.4 Å². The molecule has 0 aliphatic rings. The van der Waals surface area contributed by atoms with Crippen LogP contribution in [-0.2, 0) is 0 Å². The number of H-pyrrole nitrogens is 1. The third-order valence-corrected chi connectivity index (χ3v) is 6.52. The lowest BCUT2D eigenvalue weighted by atomic mass is 9.97. The molecule has 5 rings (SSSR count). The van der Waals surface area contributed by atoms with Crippen molar-refractivity contribution in [3.63, 3.8) is 0 Å². The minimum Gasteiger partial charge on any atom is -0.397 e. The lowest BCUT2D eigenvalue weighted by molar-refractivity contribution is -0.384. The highest BCUT2D eigenvalue weighted by atomic mass is 32.1. The van der Waals surface area contributed by atoms with Crippen LogP contribution in [-0.4, -0.2) is 20.8 Å². The number of carbonyl (C=O) groups excluding carboxylic acids is 1. The number of benzene rings is 2. The van der Waals surface area contributed by atoms with Crippen LogP contribution in [0.25, 0.3) is 32.2 Å². The predicted octanol–water partition coefficient (Wildman–Crippen LogP) is 4.64. The highest BCUT2D eigenvalue weighted by Gasteiger charge is 2.25. The Morgan fingerprint density at radius 2 is 1.91 bits per heavy atom. The fraction of sp³-hybridized carbons (Fsp3) is 0. The van der Waals surface area contributed by atoms with E-state index in [1.54, 1.807) is 6.20 Å². The van der Waals surface area contributed by atoms with Crippen molar-refractivity contribution in [2.75, 3.05) is 16.8 Å². The molecule has 11 heteroatoms. The van der Waals surface area contributed by atoms with Crippen molar-refractivity contribution in [2.45, 2.75) is 0 Å². The van der Waals surface area contributed by atoms with Crippen LogP contribution in [0.2, 0.25) is 0 Å². The van der Waals surface area contributed by atoms with E-state index in [1.165, 1.54) is 24.3 Å². The maximum atomic E-state index is 13.0. The van der Waals surface area contributed by atoms with Gasteiger partial charge in [-0.05, 0) is 18.2 Å². The molecule has 1 amide bonds. The maximum absolute atomic E-state index is 13.0. The number of amides is 1. The number of aromatic nitrogens is 2. The number of nitrogen functional groups attached to an aromatic ring is 2. The molecule has 0 aliphatic heterocycles. The van der Waals surface area contributed by atoms with Gasteiger partial charge in [-0.1, -0.05) is 18.2 Å². The first-order valence-corrected chi connectivity index (χ1v) is 10.7. The number of aromatic amines is 1. The number of carbonyl (C=O) groups is 1. The smallest absolute Gasteiger partial charge is 0.269 e. The van der Waals surface area contributed by atoms with Gasteiger partial charge in [0.05, 0.1) is 10.6 Å². The van der Waals surface area contributed by atoms with E-state index in [0.717, 1.165) is 27.8 Å². The molecule has 6 N–H and O–H groups in total. The average Bonchev–Trinajstić information content (AvgIpc) is 3.39. The standard InChI is InChI=1S/C23H15N7O3S/c24-9-14-17(15-10-27-16-4-2-1-3-13(15)16)18-19(25)20(34-23(18)29-21(14)26)22(31)28-11-5-7-12(8-6-11)30(32)33/h1-8,10,27H,25H2,(H2,26,29)(H,28,31). The zero-order chi connectivity index (χ0) is 24.0. The highest BCUT2D eigenvalue weighted by Crippen LogP contribution is 2.44. The lowest BCUT2D eigenvalue weighted by Crippen LogP contribution is -2.12. The largest absolute Gasteiger partial charge is 0.397 e.